The summed E-state index contributed by atoms with van der Waals surface area (Å²) in [6.07, 6.45) is 0. The molecule has 0 amide bonds. The van der Waals surface area contributed by atoms with Gasteiger partial charge in [0.1, 0.15) is 11.5 Å². The van der Waals surface area contributed by atoms with E-state index in [9.17, 15) is 9.90 Å². The molecule has 5 heteroatoms. The van der Waals surface area contributed by atoms with Crippen LogP contribution in [0.4, 0.5) is 0 Å². The van der Waals surface area contributed by atoms with Crippen LogP contribution in [-0.4, -0.2) is 23.1 Å². The maximum atomic E-state index is 12.4. The summed E-state index contributed by atoms with van der Waals surface area (Å²) in [4.78, 5) is 12.4. The molecule has 0 aliphatic heterocycles. The SMILES string of the molecule is COc1ccc(C(=O)c2c(O)cc(CO)cc2Br)cc1. The number of ether oxygens (including phenoxy) is 1. The number of halogens is 1. The first-order valence-electron chi connectivity index (χ1n) is 5.87. The summed E-state index contributed by atoms with van der Waals surface area (Å²) in [6, 6.07) is 9.61. The predicted octanol–water partition coefficient (Wildman–Crippen LogP) is 2.89. The number of carbonyl (C=O) groups is 1. The number of benzene rings is 2. The molecular weight excluding hydrogens is 324 g/mol. The Bertz CT molecular complexity index is 612. The highest BCUT2D eigenvalue weighted by Crippen LogP contribution is 2.30. The van der Waals surface area contributed by atoms with E-state index in [1.165, 1.54) is 6.07 Å². The normalized spacial score (nSPS) is 10.3. The number of aliphatic hydroxyl groups is 1. The van der Waals surface area contributed by atoms with Crippen molar-refractivity contribution in [1.29, 1.82) is 0 Å². The van der Waals surface area contributed by atoms with Crippen LogP contribution < -0.4 is 4.74 Å². The molecule has 0 fully saturated rings. The van der Waals surface area contributed by atoms with E-state index in [-0.39, 0.29) is 23.7 Å². The van der Waals surface area contributed by atoms with Crippen LogP contribution >= 0.6 is 15.9 Å². The monoisotopic (exact) mass is 336 g/mol. The molecule has 0 saturated heterocycles. The van der Waals surface area contributed by atoms with Gasteiger partial charge >= 0.3 is 0 Å². The molecule has 0 aliphatic rings. The predicted molar refractivity (Wildman–Crippen MR) is 78.2 cm³/mol. The third-order valence-electron chi connectivity index (χ3n) is 2.89. The molecule has 104 valence electrons. The summed E-state index contributed by atoms with van der Waals surface area (Å²) in [6.45, 7) is -0.205. The van der Waals surface area contributed by atoms with E-state index in [2.05, 4.69) is 15.9 Å². The Morgan fingerprint density at radius 1 is 1.25 bits per heavy atom. The highest BCUT2D eigenvalue weighted by atomic mass is 79.9. The molecule has 0 radical (unpaired) electrons. The van der Waals surface area contributed by atoms with E-state index in [1.807, 2.05) is 0 Å². The number of hydrogen-bond acceptors (Lipinski definition) is 4. The Kier molecular flexibility index (Phi) is 4.42. The summed E-state index contributed by atoms with van der Waals surface area (Å²) in [5.74, 6) is 0.186. The van der Waals surface area contributed by atoms with Crippen LogP contribution in [0.25, 0.3) is 0 Å². The largest absolute Gasteiger partial charge is 0.507 e. The molecule has 0 aliphatic carbocycles. The number of hydrogen-bond donors (Lipinski definition) is 2. The average molecular weight is 337 g/mol. The maximum Gasteiger partial charge on any atom is 0.197 e. The van der Waals surface area contributed by atoms with Crippen LogP contribution in [0.3, 0.4) is 0 Å². The van der Waals surface area contributed by atoms with Crippen molar-refractivity contribution in [2.75, 3.05) is 7.11 Å². The highest BCUT2D eigenvalue weighted by molar-refractivity contribution is 9.10. The minimum atomic E-state index is -0.304. The minimum absolute atomic E-state index is 0.163. The quantitative estimate of drug-likeness (QED) is 0.842. The average Bonchev–Trinajstić information content (AvgIpc) is 2.46. The molecule has 0 aromatic heterocycles. The number of ketones is 1. The van der Waals surface area contributed by atoms with Gasteiger partial charge in [-0.3, -0.25) is 4.79 Å². The zero-order valence-electron chi connectivity index (χ0n) is 10.8. The standard InChI is InChI=1S/C15H13BrO4/c1-20-11-4-2-10(3-5-11)15(19)14-12(16)6-9(8-17)7-13(14)18/h2-7,17-18H,8H2,1H3. The molecule has 2 rings (SSSR count). The van der Waals surface area contributed by atoms with E-state index in [1.54, 1.807) is 37.4 Å². The van der Waals surface area contributed by atoms with E-state index in [0.717, 1.165) is 0 Å². The van der Waals surface area contributed by atoms with Gasteiger partial charge in [0, 0.05) is 10.0 Å². The molecule has 0 atom stereocenters. The van der Waals surface area contributed by atoms with E-state index in [0.29, 0.717) is 21.3 Å². The van der Waals surface area contributed by atoms with Gasteiger partial charge in [-0.2, -0.15) is 0 Å². The van der Waals surface area contributed by atoms with Gasteiger partial charge in [0.15, 0.2) is 5.78 Å². The molecule has 0 bridgehead atoms. The molecule has 2 aromatic rings. The molecule has 20 heavy (non-hydrogen) atoms. The van der Waals surface area contributed by atoms with Gasteiger partial charge in [0.2, 0.25) is 0 Å². The van der Waals surface area contributed by atoms with Crippen molar-refractivity contribution in [3.05, 3.63) is 57.6 Å². The molecule has 0 unspecified atom stereocenters. The van der Waals surface area contributed by atoms with Crippen molar-refractivity contribution >= 4 is 21.7 Å². The van der Waals surface area contributed by atoms with Gasteiger partial charge in [-0.15, -0.1) is 0 Å². The first-order chi connectivity index (χ1) is 9.56. The first-order valence-corrected chi connectivity index (χ1v) is 6.67. The molecule has 0 saturated carbocycles. The Labute approximate surface area is 124 Å². The van der Waals surface area contributed by atoms with E-state index in [4.69, 9.17) is 9.84 Å². The lowest BCUT2D eigenvalue weighted by molar-refractivity contribution is 0.103. The number of aromatic hydroxyl groups is 1. The second-order valence-corrected chi connectivity index (χ2v) is 5.04. The molecule has 0 heterocycles. The lowest BCUT2D eigenvalue weighted by Gasteiger charge is -2.09. The topological polar surface area (TPSA) is 66.8 Å². The Hall–Kier alpha value is -1.85. The Balaban J connectivity index is 2.42. The maximum absolute atomic E-state index is 12.4. The minimum Gasteiger partial charge on any atom is -0.507 e. The highest BCUT2D eigenvalue weighted by Gasteiger charge is 2.18. The smallest absolute Gasteiger partial charge is 0.197 e. The fraction of sp³-hybridized carbons (Fsp3) is 0.133. The van der Waals surface area contributed by atoms with Gasteiger partial charge in [0.25, 0.3) is 0 Å². The van der Waals surface area contributed by atoms with Gasteiger partial charge < -0.3 is 14.9 Å². The summed E-state index contributed by atoms with van der Waals surface area (Å²) in [5.41, 5.74) is 1.14. The number of phenolic OH excluding ortho intramolecular Hbond substituents is 1. The van der Waals surface area contributed by atoms with Crippen LogP contribution in [0, 0.1) is 0 Å². The van der Waals surface area contributed by atoms with E-state index >= 15 is 0 Å². The third kappa shape index (κ3) is 2.84. The molecular formula is C15H13BrO4. The summed E-state index contributed by atoms with van der Waals surface area (Å²) < 4.78 is 5.48. The Morgan fingerprint density at radius 3 is 2.40 bits per heavy atom. The number of carbonyl (C=O) groups excluding carboxylic acids is 1. The van der Waals surface area contributed by atoms with Gasteiger partial charge in [-0.05, 0) is 57.9 Å². The van der Waals surface area contributed by atoms with Gasteiger partial charge in [-0.25, -0.2) is 0 Å². The Morgan fingerprint density at radius 2 is 1.90 bits per heavy atom. The fourth-order valence-electron chi connectivity index (χ4n) is 1.85. The zero-order valence-corrected chi connectivity index (χ0v) is 12.3. The summed E-state index contributed by atoms with van der Waals surface area (Å²) >= 11 is 3.25. The van der Waals surface area contributed by atoms with Crippen LogP contribution in [0.15, 0.2) is 40.9 Å². The fourth-order valence-corrected chi connectivity index (χ4v) is 2.53. The lowest BCUT2D eigenvalue weighted by atomic mass is 10.0. The number of methoxy groups -OCH3 is 1. The number of phenols is 1. The van der Waals surface area contributed by atoms with Crippen molar-refractivity contribution in [3.8, 4) is 11.5 Å². The van der Waals surface area contributed by atoms with Crippen molar-refractivity contribution in [1.82, 2.24) is 0 Å². The number of rotatable bonds is 4. The van der Waals surface area contributed by atoms with Crippen molar-refractivity contribution in [2.45, 2.75) is 6.61 Å². The summed E-state index contributed by atoms with van der Waals surface area (Å²) in [5, 5.41) is 19.0. The molecule has 0 spiro atoms. The second kappa shape index (κ2) is 6.07. The summed E-state index contributed by atoms with van der Waals surface area (Å²) in [7, 11) is 1.55. The number of aliphatic hydroxyl groups excluding tert-OH is 1. The van der Waals surface area contributed by atoms with Crippen molar-refractivity contribution in [2.24, 2.45) is 0 Å². The first kappa shape index (κ1) is 14.6. The second-order valence-electron chi connectivity index (χ2n) is 4.19. The van der Waals surface area contributed by atoms with Gasteiger partial charge in [0.05, 0.1) is 19.3 Å². The molecule has 2 N–H and O–H groups in total. The van der Waals surface area contributed by atoms with Gasteiger partial charge in [-0.1, -0.05) is 0 Å². The van der Waals surface area contributed by atoms with Crippen LogP contribution in [0.2, 0.25) is 0 Å². The van der Waals surface area contributed by atoms with Crippen LogP contribution in [0.5, 0.6) is 11.5 Å². The van der Waals surface area contributed by atoms with E-state index < -0.39 is 0 Å². The van der Waals surface area contributed by atoms with Crippen molar-refractivity contribution < 1.29 is 19.7 Å². The molecule has 4 nitrogen and oxygen atoms in total. The third-order valence-corrected chi connectivity index (χ3v) is 3.52. The van der Waals surface area contributed by atoms with Crippen molar-refractivity contribution in [3.63, 3.8) is 0 Å². The van der Waals surface area contributed by atoms with Crippen LogP contribution in [0.1, 0.15) is 21.5 Å². The lowest BCUT2D eigenvalue weighted by Crippen LogP contribution is -2.04. The molecule has 2 aromatic carbocycles. The van der Waals surface area contributed by atoms with Crippen LogP contribution in [-0.2, 0) is 6.61 Å². The zero-order chi connectivity index (χ0) is 14.7.